The summed E-state index contributed by atoms with van der Waals surface area (Å²) in [5.74, 6) is 1.01. The van der Waals surface area contributed by atoms with Crippen LogP contribution in [0.25, 0.3) is 0 Å². The minimum atomic E-state index is -0.351. The molecule has 14 heavy (non-hydrogen) atoms. The van der Waals surface area contributed by atoms with Crippen molar-refractivity contribution >= 4 is 0 Å². The second kappa shape index (κ2) is 3.55. The highest BCUT2D eigenvalue weighted by Crippen LogP contribution is 2.15. The third-order valence-corrected chi connectivity index (χ3v) is 1.89. The van der Waals surface area contributed by atoms with Crippen LogP contribution in [0.15, 0.2) is 29.0 Å². The maximum absolute atomic E-state index is 5.92. The normalized spacial score (nSPS) is 12.7. The minimum absolute atomic E-state index is 0.351. The molecule has 2 heterocycles. The molecule has 0 saturated heterocycles. The third-order valence-electron chi connectivity index (χ3n) is 1.89. The molecule has 0 aliphatic heterocycles. The number of nitrogens with zero attached hydrogens (tertiary/aromatic N) is 3. The van der Waals surface area contributed by atoms with Gasteiger partial charge in [0.15, 0.2) is 5.82 Å². The van der Waals surface area contributed by atoms with E-state index in [-0.39, 0.29) is 6.04 Å². The summed E-state index contributed by atoms with van der Waals surface area (Å²) in [5.41, 5.74) is 6.83. The minimum Gasteiger partial charge on any atom is -0.340 e. The maximum Gasteiger partial charge on any atom is 0.223 e. The summed E-state index contributed by atoms with van der Waals surface area (Å²) >= 11 is 0. The molecule has 72 valence electrons. The van der Waals surface area contributed by atoms with Gasteiger partial charge in [0, 0.05) is 19.3 Å². The van der Waals surface area contributed by atoms with Crippen LogP contribution < -0.4 is 5.73 Å². The Kier molecular flexibility index (Phi) is 2.24. The largest absolute Gasteiger partial charge is 0.340 e. The number of hydrogen-bond acceptors (Lipinski definition) is 5. The van der Waals surface area contributed by atoms with Gasteiger partial charge in [0.25, 0.3) is 0 Å². The highest BCUT2D eigenvalue weighted by Gasteiger charge is 2.14. The first-order valence-corrected chi connectivity index (χ1v) is 4.23. The lowest BCUT2D eigenvalue weighted by atomic mass is 10.1. The number of nitrogens with two attached hydrogens (primary N) is 1. The topological polar surface area (TPSA) is 77.8 Å². The summed E-state index contributed by atoms with van der Waals surface area (Å²) in [6.07, 6.45) is 3.37. The average molecular weight is 190 g/mol. The van der Waals surface area contributed by atoms with Gasteiger partial charge in [-0.05, 0) is 17.7 Å². The molecule has 0 aromatic carbocycles. The fourth-order valence-corrected chi connectivity index (χ4v) is 1.16. The summed E-state index contributed by atoms with van der Waals surface area (Å²) in [5, 5.41) is 3.76. The van der Waals surface area contributed by atoms with Crippen molar-refractivity contribution in [3.05, 3.63) is 41.8 Å². The van der Waals surface area contributed by atoms with Crippen LogP contribution in [0.2, 0.25) is 0 Å². The van der Waals surface area contributed by atoms with Crippen LogP contribution in [0, 0.1) is 6.92 Å². The molecular formula is C9H10N4O. The van der Waals surface area contributed by atoms with Crippen molar-refractivity contribution in [1.82, 2.24) is 15.1 Å². The number of rotatable bonds is 2. The van der Waals surface area contributed by atoms with Crippen molar-refractivity contribution < 1.29 is 4.52 Å². The predicted octanol–water partition coefficient (Wildman–Crippen LogP) is 0.821. The smallest absolute Gasteiger partial charge is 0.223 e. The molecule has 1 atom stereocenters. The van der Waals surface area contributed by atoms with Crippen molar-refractivity contribution in [3.63, 3.8) is 0 Å². The number of pyridine rings is 1. The van der Waals surface area contributed by atoms with Gasteiger partial charge in [0.2, 0.25) is 5.89 Å². The molecule has 0 aliphatic rings. The van der Waals surface area contributed by atoms with Crippen LogP contribution in [0.1, 0.15) is 23.3 Å². The lowest BCUT2D eigenvalue weighted by Crippen LogP contribution is -2.13. The van der Waals surface area contributed by atoms with Gasteiger partial charge in [-0.25, -0.2) is 0 Å². The molecule has 0 unspecified atom stereocenters. The van der Waals surface area contributed by atoms with Crippen molar-refractivity contribution in [2.75, 3.05) is 0 Å². The monoisotopic (exact) mass is 190 g/mol. The summed E-state index contributed by atoms with van der Waals surface area (Å²) in [6.45, 7) is 1.73. The standard InChI is InChI=1S/C9H10N4O/c1-6-12-9(13-14-6)8(10)7-2-4-11-5-3-7/h2-5,8H,10H2,1H3/t8-/m0/s1. The Morgan fingerprint density at radius 3 is 2.64 bits per heavy atom. The van der Waals surface area contributed by atoms with Gasteiger partial charge in [-0.3, -0.25) is 4.98 Å². The lowest BCUT2D eigenvalue weighted by Gasteiger charge is -2.05. The zero-order valence-electron chi connectivity index (χ0n) is 7.71. The van der Waals surface area contributed by atoms with Gasteiger partial charge in [-0.1, -0.05) is 5.16 Å². The van der Waals surface area contributed by atoms with Crippen LogP contribution >= 0.6 is 0 Å². The van der Waals surface area contributed by atoms with E-state index in [9.17, 15) is 0 Å². The molecule has 0 amide bonds. The Hall–Kier alpha value is -1.75. The average Bonchev–Trinajstić information content (AvgIpc) is 2.65. The third kappa shape index (κ3) is 1.62. The lowest BCUT2D eigenvalue weighted by molar-refractivity contribution is 0.385. The van der Waals surface area contributed by atoms with Crippen LogP contribution in [-0.2, 0) is 0 Å². The van der Waals surface area contributed by atoms with Gasteiger partial charge < -0.3 is 10.3 Å². The van der Waals surface area contributed by atoms with E-state index in [0.717, 1.165) is 5.56 Å². The second-order valence-electron chi connectivity index (χ2n) is 2.93. The van der Waals surface area contributed by atoms with Gasteiger partial charge in [0.05, 0.1) is 6.04 Å². The molecule has 0 fully saturated rings. The molecule has 0 radical (unpaired) electrons. The summed E-state index contributed by atoms with van der Waals surface area (Å²) in [6, 6.07) is 3.31. The zero-order chi connectivity index (χ0) is 9.97. The zero-order valence-corrected chi connectivity index (χ0v) is 7.71. The molecule has 2 aromatic heterocycles. The molecule has 0 bridgehead atoms. The highest BCUT2D eigenvalue weighted by atomic mass is 16.5. The summed E-state index contributed by atoms with van der Waals surface area (Å²) in [4.78, 5) is 7.97. The SMILES string of the molecule is Cc1nc([C@@H](N)c2ccncc2)no1. The van der Waals surface area contributed by atoms with E-state index in [2.05, 4.69) is 15.1 Å². The molecule has 2 aromatic rings. The van der Waals surface area contributed by atoms with Gasteiger partial charge in [0.1, 0.15) is 0 Å². The second-order valence-corrected chi connectivity index (χ2v) is 2.93. The fourth-order valence-electron chi connectivity index (χ4n) is 1.16. The molecule has 5 heteroatoms. The molecule has 2 rings (SSSR count). The molecule has 0 saturated carbocycles. The Morgan fingerprint density at radius 1 is 1.36 bits per heavy atom. The fraction of sp³-hybridized carbons (Fsp3) is 0.222. The first kappa shape index (κ1) is 8.83. The van der Waals surface area contributed by atoms with E-state index in [4.69, 9.17) is 10.3 Å². The Labute approximate surface area is 81.0 Å². The van der Waals surface area contributed by atoms with Crippen molar-refractivity contribution in [1.29, 1.82) is 0 Å². The van der Waals surface area contributed by atoms with Crippen molar-refractivity contribution in [2.45, 2.75) is 13.0 Å². The predicted molar refractivity (Wildman–Crippen MR) is 49.3 cm³/mol. The van der Waals surface area contributed by atoms with Gasteiger partial charge in [-0.15, -0.1) is 0 Å². The van der Waals surface area contributed by atoms with E-state index < -0.39 is 0 Å². The Balaban J connectivity index is 2.29. The van der Waals surface area contributed by atoms with E-state index >= 15 is 0 Å². The van der Waals surface area contributed by atoms with E-state index in [1.165, 1.54) is 0 Å². The molecular weight excluding hydrogens is 180 g/mol. The molecule has 0 spiro atoms. The first-order valence-electron chi connectivity index (χ1n) is 4.23. The summed E-state index contributed by atoms with van der Waals surface area (Å²) in [7, 11) is 0. The van der Waals surface area contributed by atoms with Crippen molar-refractivity contribution in [2.24, 2.45) is 5.73 Å². The number of aryl methyl sites for hydroxylation is 1. The number of aromatic nitrogens is 3. The Bertz CT molecular complexity index is 412. The van der Waals surface area contributed by atoms with Crippen molar-refractivity contribution in [3.8, 4) is 0 Å². The molecule has 2 N–H and O–H groups in total. The van der Waals surface area contributed by atoms with E-state index in [0.29, 0.717) is 11.7 Å². The van der Waals surface area contributed by atoms with Gasteiger partial charge >= 0.3 is 0 Å². The maximum atomic E-state index is 5.92. The van der Waals surface area contributed by atoms with Crippen LogP contribution in [0.3, 0.4) is 0 Å². The van der Waals surface area contributed by atoms with Gasteiger partial charge in [-0.2, -0.15) is 4.98 Å². The molecule has 0 aliphatic carbocycles. The summed E-state index contributed by atoms with van der Waals surface area (Å²) < 4.78 is 4.85. The highest BCUT2D eigenvalue weighted by molar-refractivity contribution is 5.20. The van der Waals surface area contributed by atoms with Crippen LogP contribution in [0.4, 0.5) is 0 Å². The first-order chi connectivity index (χ1) is 6.77. The molecule has 5 nitrogen and oxygen atoms in total. The number of hydrogen-bond donors (Lipinski definition) is 1. The van der Waals surface area contributed by atoms with E-state index in [1.807, 2.05) is 12.1 Å². The van der Waals surface area contributed by atoms with E-state index in [1.54, 1.807) is 19.3 Å². The Morgan fingerprint density at radius 2 is 2.07 bits per heavy atom. The van der Waals surface area contributed by atoms with Crippen LogP contribution in [-0.4, -0.2) is 15.1 Å². The quantitative estimate of drug-likeness (QED) is 0.758. The van der Waals surface area contributed by atoms with Crippen LogP contribution in [0.5, 0.6) is 0 Å².